The van der Waals surface area contributed by atoms with Gasteiger partial charge in [-0.2, -0.15) is 0 Å². The maximum atomic E-state index is 11.8. The Morgan fingerprint density at radius 1 is 1.21 bits per heavy atom. The normalized spacial score (nSPS) is 21.8. The van der Waals surface area contributed by atoms with Gasteiger partial charge in [0.1, 0.15) is 0 Å². The quantitative estimate of drug-likeness (QED) is 0.382. The molecule has 7 heteroatoms. The molecule has 0 atom stereocenters. The highest BCUT2D eigenvalue weighted by Gasteiger charge is 2.29. The second-order valence-electron chi connectivity index (χ2n) is 6.83. The Morgan fingerprint density at radius 3 is 2.33 bits per heavy atom. The molecule has 0 aromatic heterocycles. The molecule has 0 aliphatic heterocycles. The summed E-state index contributed by atoms with van der Waals surface area (Å²) in [6.07, 6.45) is 3.47. The number of aliphatic imine (C=N–C) groups is 1. The van der Waals surface area contributed by atoms with Crippen molar-refractivity contribution in [1.82, 2.24) is 16.0 Å². The lowest BCUT2D eigenvalue weighted by Crippen LogP contribution is -2.50. The molecule has 0 radical (unpaired) electrons. The van der Waals surface area contributed by atoms with Crippen molar-refractivity contribution in [2.75, 3.05) is 27.2 Å². The Kier molecular flexibility index (Phi) is 8.01. The molecule has 24 heavy (non-hydrogen) atoms. The van der Waals surface area contributed by atoms with Gasteiger partial charge in [0.05, 0.1) is 17.9 Å². The first-order valence-electron chi connectivity index (χ1n) is 8.70. The van der Waals surface area contributed by atoms with Crippen LogP contribution in [-0.2, 0) is 14.3 Å². The number of amides is 1. The van der Waals surface area contributed by atoms with E-state index in [0.29, 0.717) is 19.1 Å². The largest absolute Gasteiger partial charge is 0.466 e. The Balaban J connectivity index is 2.42. The number of rotatable bonds is 6. The molecule has 1 saturated carbocycles. The highest BCUT2D eigenvalue weighted by molar-refractivity contribution is 5.84. The van der Waals surface area contributed by atoms with Crippen LogP contribution in [0.3, 0.4) is 0 Å². The zero-order valence-electron chi connectivity index (χ0n) is 15.6. The Labute approximate surface area is 145 Å². The lowest BCUT2D eigenvalue weighted by Gasteiger charge is -2.30. The predicted molar refractivity (Wildman–Crippen MR) is 94.7 cm³/mol. The van der Waals surface area contributed by atoms with Gasteiger partial charge < -0.3 is 20.7 Å². The maximum Gasteiger partial charge on any atom is 0.308 e. The third-order valence-electron chi connectivity index (χ3n) is 4.45. The smallest absolute Gasteiger partial charge is 0.308 e. The van der Waals surface area contributed by atoms with Crippen LogP contribution in [0.5, 0.6) is 0 Å². The molecule has 0 bridgehead atoms. The first-order chi connectivity index (χ1) is 11.3. The van der Waals surface area contributed by atoms with E-state index < -0.39 is 5.41 Å². The van der Waals surface area contributed by atoms with Crippen molar-refractivity contribution in [3.8, 4) is 0 Å². The number of carbonyl (C=O) groups is 2. The summed E-state index contributed by atoms with van der Waals surface area (Å²) in [5.74, 6) is 0.614. The summed E-state index contributed by atoms with van der Waals surface area (Å²) in [7, 11) is 3.35. The predicted octanol–water partition coefficient (Wildman–Crippen LogP) is 1.05. The number of guanidine groups is 1. The summed E-state index contributed by atoms with van der Waals surface area (Å²) in [5, 5.41) is 9.27. The van der Waals surface area contributed by atoms with E-state index in [1.54, 1.807) is 14.1 Å². The summed E-state index contributed by atoms with van der Waals surface area (Å²) in [5.41, 5.74) is -0.520. The minimum atomic E-state index is -0.520. The van der Waals surface area contributed by atoms with Gasteiger partial charge in [0.2, 0.25) is 5.91 Å². The van der Waals surface area contributed by atoms with E-state index in [4.69, 9.17) is 4.74 Å². The first-order valence-corrected chi connectivity index (χ1v) is 8.70. The maximum absolute atomic E-state index is 11.8. The second-order valence-corrected chi connectivity index (χ2v) is 6.83. The highest BCUT2D eigenvalue weighted by Crippen LogP contribution is 2.25. The van der Waals surface area contributed by atoms with Crippen molar-refractivity contribution < 1.29 is 14.3 Å². The van der Waals surface area contributed by atoms with Gasteiger partial charge in [-0.3, -0.25) is 14.6 Å². The van der Waals surface area contributed by atoms with Gasteiger partial charge in [0.25, 0.3) is 0 Å². The number of esters is 1. The molecule has 0 aromatic rings. The molecule has 1 rings (SSSR count). The number of hydrogen-bond acceptors (Lipinski definition) is 4. The summed E-state index contributed by atoms with van der Waals surface area (Å²) >= 11 is 0. The number of nitrogens with one attached hydrogen (secondary N) is 3. The molecule has 138 valence electrons. The first kappa shape index (κ1) is 20.3. The molecule has 1 fully saturated rings. The summed E-state index contributed by atoms with van der Waals surface area (Å²) in [6.45, 7) is 6.54. The molecular formula is C17H32N4O3. The molecule has 1 amide bonds. The Morgan fingerprint density at radius 2 is 1.83 bits per heavy atom. The van der Waals surface area contributed by atoms with Crippen molar-refractivity contribution in [2.45, 2.75) is 52.5 Å². The molecule has 3 N–H and O–H groups in total. The zero-order valence-corrected chi connectivity index (χ0v) is 15.6. The zero-order chi connectivity index (χ0) is 18.2. The third kappa shape index (κ3) is 6.02. The fourth-order valence-corrected chi connectivity index (χ4v) is 2.84. The van der Waals surface area contributed by atoms with Gasteiger partial charge in [-0.15, -0.1) is 0 Å². The minimum Gasteiger partial charge on any atom is -0.466 e. The van der Waals surface area contributed by atoms with Gasteiger partial charge in [-0.1, -0.05) is 0 Å². The van der Waals surface area contributed by atoms with Gasteiger partial charge in [0, 0.05) is 26.7 Å². The van der Waals surface area contributed by atoms with Crippen molar-refractivity contribution in [3.63, 3.8) is 0 Å². The number of carbonyl (C=O) groups excluding carboxylic acids is 2. The van der Waals surface area contributed by atoms with Crippen molar-refractivity contribution in [2.24, 2.45) is 16.3 Å². The number of ether oxygens (including phenoxy) is 1. The van der Waals surface area contributed by atoms with E-state index in [2.05, 4.69) is 20.9 Å². The number of nitrogens with zero attached hydrogens (tertiary/aromatic N) is 1. The topological polar surface area (TPSA) is 91.8 Å². The summed E-state index contributed by atoms with van der Waals surface area (Å²) in [4.78, 5) is 27.8. The Hall–Kier alpha value is -1.79. The van der Waals surface area contributed by atoms with Gasteiger partial charge in [0.15, 0.2) is 5.96 Å². The lowest BCUT2D eigenvalue weighted by molar-refractivity contribution is -0.149. The van der Waals surface area contributed by atoms with Crippen molar-refractivity contribution in [3.05, 3.63) is 0 Å². The lowest BCUT2D eigenvalue weighted by atomic mass is 9.86. The Bertz CT molecular complexity index is 455. The summed E-state index contributed by atoms with van der Waals surface area (Å²) in [6, 6.07) is 0.282. The minimum absolute atomic E-state index is 0.0135. The van der Waals surface area contributed by atoms with Crippen LogP contribution in [0.4, 0.5) is 0 Å². The van der Waals surface area contributed by atoms with Crippen LogP contribution in [0.1, 0.15) is 46.5 Å². The monoisotopic (exact) mass is 340 g/mol. The van der Waals surface area contributed by atoms with E-state index in [9.17, 15) is 9.59 Å². The van der Waals surface area contributed by atoms with Crippen LogP contribution < -0.4 is 16.0 Å². The molecule has 7 nitrogen and oxygen atoms in total. The summed E-state index contributed by atoms with van der Waals surface area (Å²) < 4.78 is 5.09. The van der Waals surface area contributed by atoms with E-state index >= 15 is 0 Å². The van der Waals surface area contributed by atoms with Gasteiger partial charge in [-0.05, 0) is 46.5 Å². The van der Waals surface area contributed by atoms with Gasteiger partial charge in [-0.25, -0.2) is 0 Å². The highest BCUT2D eigenvalue weighted by atomic mass is 16.5. The SMILES string of the molecule is CCOC(=O)C1CCC(NC(=NC)NCC(C)(C)C(=O)NC)CC1. The van der Waals surface area contributed by atoms with E-state index in [1.165, 1.54) is 0 Å². The molecule has 0 spiro atoms. The molecular weight excluding hydrogens is 308 g/mol. The fourth-order valence-electron chi connectivity index (χ4n) is 2.84. The second kappa shape index (κ2) is 9.49. The van der Waals surface area contributed by atoms with Crippen LogP contribution in [0.25, 0.3) is 0 Å². The van der Waals surface area contributed by atoms with Crippen LogP contribution in [0.15, 0.2) is 4.99 Å². The molecule has 0 heterocycles. The van der Waals surface area contributed by atoms with Crippen molar-refractivity contribution >= 4 is 17.8 Å². The van der Waals surface area contributed by atoms with E-state index in [1.807, 2.05) is 20.8 Å². The fraction of sp³-hybridized carbons (Fsp3) is 0.824. The molecule has 1 aliphatic rings. The molecule has 1 aliphatic carbocycles. The average Bonchev–Trinajstić information content (AvgIpc) is 2.58. The molecule has 0 aromatic carbocycles. The van der Waals surface area contributed by atoms with Crippen LogP contribution in [0.2, 0.25) is 0 Å². The van der Waals surface area contributed by atoms with Crippen LogP contribution in [-0.4, -0.2) is 51.1 Å². The van der Waals surface area contributed by atoms with E-state index in [-0.39, 0.29) is 23.8 Å². The van der Waals surface area contributed by atoms with Crippen molar-refractivity contribution in [1.29, 1.82) is 0 Å². The standard InChI is InChI=1S/C17H32N4O3/c1-6-24-14(22)12-7-9-13(10-8-12)21-16(19-5)20-11-17(2,3)15(23)18-4/h12-13H,6-11H2,1-5H3,(H,18,23)(H2,19,20,21). The van der Waals surface area contributed by atoms with Crippen LogP contribution in [0, 0.1) is 11.3 Å². The third-order valence-corrected chi connectivity index (χ3v) is 4.45. The van der Waals surface area contributed by atoms with Crippen LogP contribution >= 0.6 is 0 Å². The molecule has 0 saturated heterocycles. The van der Waals surface area contributed by atoms with E-state index in [0.717, 1.165) is 25.7 Å². The average molecular weight is 340 g/mol. The number of hydrogen-bond donors (Lipinski definition) is 3. The van der Waals surface area contributed by atoms with Gasteiger partial charge >= 0.3 is 5.97 Å². The molecule has 0 unspecified atom stereocenters.